The molecule has 7 unspecified atom stereocenters. The average molecular weight is 511 g/mol. The maximum absolute atomic E-state index is 5.51. The minimum absolute atomic E-state index is 0. The molecule has 0 amide bonds. The van der Waals surface area contributed by atoms with Crippen molar-refractivity contribution in [3.05, 3.63) is 0 Å². The van der Waals surface area contributed by atoms with E-state index in [-0.39, 0.29) is 22.3 Å². The predicted octanol–water partition coefficient (Wildman–Crippen LogP) is 2.45. The molecule has 10 nitrogen and oxygen atoms in total. The number of epoxide rings is 6. The molecule has 210 valence electrons. The molecule has 0 spiro atoms. The third-order valence-electron chi connectivity index (χ3n) is 5.24. The highest BCUT2D eigenvalue weighted by Crippen LogP contribution is 2.18. The van der Waals surface area contributed by atoms with E-state index < -0.39 is 0 Å². The first-order valence-electron chi connectivity index (χ1n) is 11.8. The molecule has 0 aromatic carbocycles. The predicted molar refractivity (Wildman–Crippen MR) is 131 cm³/mol. The van der Waals surface area contributed by atoms with E-state index in [2.05, 4.69) is 6.92 Å². The molecule has 0 aromatic rings. The van der Waals surface area contributed by atoms with Gasteiger partial charge in [0.05, 0.1) is 84.4 Å². The summed E-state index contributed by atoms with van der Waals surface area (Å²) >= 11 is 0. The Bertz CT molecular complexity index is 472. The number of ether oxygens (including phenoxy) is 10. The number of hydrogen-bond acceptors (Lipinski definition) is 10. The Labute approximate surface area is 212 Å². The molecule has 0 saturated carbocycles. The molecule has 6 aliphatic heterocycles. The Morgan fingerprint density at radius 2 is 0.971 bits per heavy atom. The normalized spacial score (nSPS) is 32.5. The summed E-state index contributed by atoms with van der Waals surface area (Å²) in [5.41, 5.74) is 0. The van der Waals surface area contributed by atoms with Crippen molar-refractivity contribution < 1.29 is 47.4 Å². The molecular weight excluding hydrogens is 460 g/mol. The van der Waals surface area contributed by atoms with E-state index in [0.29, 0.717) is 62.7 Å². The Balaban J connectivity index is 0.000000252. The first kappa shape index (κ1) is 32.6. The molecule has 0 N–H and O–H groups in total. The Morgan fingerprint density at radius 3 is 1.40 bits per heavy atom. The molecule has 35 heavy (non-hydrogen) atoms. The highest BCUT2D eigenvalue weighted by Gasteiger charge is 2.28. The van der Waals surface area contributed by atoms with Gasteiger partial charge in [0.25, 0.3) is 0 Å². The SMILES string of the molecule is C.C.C.C(CC1CO1)OCC1CO1.C(OCC1CO1)OCC1CO1.CC(CC1CO1)OCC1CO1. The number of hydrogen-bond donors (Lipinski definition) is 0. The molecule has 6 rings (SSSR count). The second kappa shape index (κ2) is 18.0. The van der Waals surface area contributed by atoms with Crippen molar-refractivity contribution in [3.63, 3.8) is 0 Å². The van der Waals surface area contributed by atoms with Gasteiger partial charge in [-0.3, -0.25) is 0 Å². The van der Waals surface area contributed by atoms with Crippen molar-refractivity contribution in [1.82, 2.24) is 0 Å². The van der Waals surface area contributed by atoms with E-state index in [1.807, 2.05) is 0 Å². The van der Waals surface area contributed by atoms with Gasteiger partial charge >= 0.3 is 0 Å². The molecule has 6 aliphatic rings. The van der Waals surface area contributed by atoms with Gasteiger partial charge in [0.2, 0.25) is 0 Å². The second-order valence-corrected chi connectivity index (χ2v) is 8.83. The van der Waals surface area contributed by atoms with E-state index in [9.17, 15) is 0 Å². The summed E-state index contributed by atoms with van der Waals surface area (Å²) in [4.78, 5) is 0. The molecule has 10 heteroatoms. The lowest BCUT2D eigenvalue weighted by Gasteiger charge is -2.09. The van der Waals surface area contributed by atoms with Crippen molar-refractivity contribution in [2.75, 3.05) is 79.5 Å². The maximum Gasteiger partial charge on any atom is 0.146 e. The van der Waals surface area contributed by atoms with E-state index in [0.717, 1.165) is 72.3 Å². The number of rotatable bonds is 16. The van der Waals surface area contributed by atoms with Crippen LogP contribution in [-0.4, -0.2) is 122 Å². The van der Waals surface area contributed by atoms with E-state index in [1.54, 1.807) is 0 Å². The molecular formula is C25H50O10. The van der Waals surface area contributed by atoms with Crippen LogP contribution < -0.4 is 0 Å². The van der Waals surface area contributed by atoms with Crippen LogP contribution in [0.4, 0.5) is 0 Å². The van der Waals surface area contributed by atoms with Crippen molar-refractivity contribution in [2.24, 2.45) is 0 Å². The zero-order chi connectivity index (χ0) is 22.0. The molecule has 0 bridgehead atoms. The molecule has 7 atom stereocenters. The molecule has 0 aromatic heterocycles. The van der Waals surface area contributed by atoms with Crippen LogP contribution in [0.15, 0.2) is 0 Å². The van der Waals surface area contributed by atoms with Gasteiger partial charge in [0, 0.05) is 13.0 Å². The van der Waals surface area contributed by atoms with Crippen LogP contribution in [0, 0.1) is 0 Å². The summed E-state index contributed by atoms with van der Waals surface area (Å²) in [6.07, 6.45) is 4.83. The highest BCUT2D eigenvalue weighted by atomic mass is 16.7. The van der Waals surface area contributed by atoms with Crippen LogP contribution in [0.25, 0.3) is 0 Å². The minimum Gasteiger partial charge on any atom is -0.379 e. The molecule has 6 saturated heterocycles. The highest BCUT2D eigenvalue weighted by molar-refractivity contribution is 4.74. The van der Waals surface area contributed by atoms with Gasteiger partial charge in [-0.1, -0.05) is 22.3 Å². The largest absolute Gasteiger partial charge is 0.379 e. The first-order valence-corrected chi connectivity index (χ1v) is 11.8. The summed E-state index contributed by atoms with van der Waals surface area (Å²) < 4.78 is 51.1. The monoisotopic (exact) mass is 510 g/mol. The van der Waals surface area contributed by atoms with Gasteiger partial charge in [0.1, 0.15) is 31.2 Å². The van der Waals surface area contributed by atoms with Crippen molar-refractivity contribution >= 4 is 0 Å². The lowest BCUT2D eigenvalue weighted by atomic mass is 10.2. The van der Waals surface area contributed by atoms with Crippen LogP contribution in [0.3, 0.4) is 0 Å². The van der Waals surface area contributed by atoms with Gasteiger partial charge in [-0.25, -0.2) is 0 Å². The summed E-state index contributed by atoms with van der Waals surface area (Å²) in [7, 11) is 0. The zero-order valence-electron chi connectivity index (χ0n) is 19.0. The van der Waals surface area contributed by atoms with Crippen LogP contribution in [0.1, 0.15) is 42.0 Å². The first-order chi connectivity index (χ1) is 15.7. The van der Waals surface area contributed by atoms with Crippen molar-refractivity contribution in [3.8, 4) is 0 Å². The van der Waals surface area contributed by atoms with Crippen LogP contribution in [-0.2, 0) is 47.4 Å². The van der Waals surface area contributed by atoms with Crippen LogP contribution in [0.2, 0.25) is 0 Å². The lowest BCUT2D eigenvalue weighted by Crippen LogP contribution is -2.14. The standard InChI is InChI=1S/C8H14O3.C7H12O4.C7H12O3.3CH4/c1-6(2-7-3-10-7)9-4-8-5-11-8;1(6-3-10-6)8-5-9-2-7-4-11-7;1(6-4-9-6)2-8-3-7-5-10-7;;;/h6-8H,2-5H2,1H3;6-7H,1-5H2;6-7H,1-5H2;3*1H4. The smallest absolute Gasteiger partial charge is 0.146 e. The molecule has 0 aliphatic carbocycles. The summed E-state index contributed by atoms with van der Waals surface area (Å²) in [6.45, 7) is 11.4. The van der Waals surface area contributed by atoms with E-state index in [4.69, 9.17) is 47.4 Å². The fraction of sp³-hybridized carbons (Fsp3) is 1.00. The van der Waals surface area contributed by atoms with E-state index >= 15 is 0 Å². The summed E-state index contributed by atoms with van der Waals surface area (Å²) in [5, 5.41) is 0. The topological polar surface area (TPSA) is 112 Å². The zero-order valence-corrected chi connectivity index (χ0v) is 19.0. The third-order valence-corrected chi connectivity index (χ3v) is 5.24. The van der Waals surface area contributed by atoms with Gasteiger partial charge in [-0.05, 0) is 13.3 Å². The van der Waals surface area contributed by atoms with Gasteiger partial charge in [0.15, 0.2) is 0 Å². The Morgan fingerprint density at radius 1 is 0.571 bits per heavy atom. The summed E-state index contributed by atoms with van der Waals surface area (Å²) in [6, 6.07) is 0. The van der Waals surface area contributed by atoms with Gasteiger partial charge in [-0.15, -0.1) is 0 Å². The summed E-state index contributed by atoms with van der Waals surface area (Å²) in [5.74, 6) is 0. The fourth-order valence-corrected chi connectivity index (χ4v) is 2.65. The fourth-order valence-electron chi connectivity index (χ4n) is 2.65. The molecule has 6 fully saturated rings. The quantitative estimate of drug-likeness (QED) is 0.174. The van der Waals surface area contributed by atoms with E-state index in [1.165, 1.54) is 0 Å². The second-order valence-electron chi connectivity index (χ2n) is 8.83. The molecule has 6 heterocycles. The third kappa shape index (κ3) is 19.4. The minimum atomic E-state index is 0. The molecule has 0 radical (unpaired) electrons. The Kier molecular flexibility index (Phi) is 16.7. The average Bonchev–Trinajstić information content (AvgIpc) is 3.60. The lowest BCUT2D eigenvalue weighted by molar-refractivity contribution is -0.0611. The maximum atomic E-state index is 5.51. The Hall–Kier alpha value is -0.400. The van der Waals surface area contributed by atoms with Crippen molar-refractivity contribution in [1.29, 1.82) is 0 Å². The van der Waals surface area contributed by atoms with Crippen LogP contribution >= 0.6 is 0 Å². The van der Waals surface area contributed by atoms with Gasteiger partial charge in [-0.2, -0.15) is 0 Å². The van der Waals surface area contributed by atoms with Crippen molar-refractivity contribution in [2.45, 2.75) is 84.8 Å². The van der Waals surface area contributed by atoms with Gasteiger partial charge < -0.3 is 47.4 Å². The van der Waals surface area contributed by atoms with Crippen LogP contribution in [0.5, 0.6) is 0 Å².